The third kappa shape index (κ3) is 3.85. The molecule has 0 aliphatic carbocycles. The van der Waals surface area contributed by atoms with Crippen molar-refractivity contribution >= 4 is 27.3 Å². The quantitative estimate of drug-likeness (QED) is 0.764. The monoisotopic (exact) mass is 324 g/mol. The zero-order valence-electron chi connectivity index (χ0n) is 12.7. The van der Waals surface area contributed by atoms with E-state index in [1.165, 1.54) is 9.80 Å². The second-order valence-electron chi connectivity index (χ2n) is 5.53. The second-order valence-corrected chi connectivity index (χ2v) is 7.76. The van der Waals surface area contributed by atoms with E-state index in [0.29, 0.717) is 12.1 Å². The summed E-state index contributed by atoms with van der Waals surface area (Å²) in [6.07, 6.45) is 0.172. The number of benzene rings is 1. The van der Waals surface area contributed by atoms with Gasteiger partial charge in [-0.15, -0.1) is 0 Å². The topological polar surface area (TPSA) is 74.8 Å². The Kier molecular flexibility index (Phi) is 4.85. The second kappa shape index (κ2) is 6.48. The molecular formula is C15H20N2O4S. The minimum Gasteiger partial charge on any atom is -0.341 e. The van der Waals surface area contributed by atoms with Crippen LogP contribution in [0.15, 0.2) is 30.3 Å². The van der Waals surface area contributed by atoms with Crippen LogP contribution < -0.4 is 4.90 Å². The van der Waals surface area contributed by atoms with Crippen LogP contribution in [0.3, 0.4) is 0 Å². The smallest absolute Gasteiger partial charge is 0.236 e. The Morgan fingerprint density at radius 2 is 1.77 bits per heavy atom. The molecule has 0 bridgehead atoms. The fourth-order valence-electron chi connectivity index (χ4n) is 2.45. The molecule has 6 nitrogen and oxygen atoms in total. The molecule has 1 saturated heterocycles. The third-order valence-corrected chi connectivity index (χ3v) is 5.72. The molecule has 0 saturated carbocycles. The first-order valence-corrected chi connectivity index (χ1v) is 8.90. The molecule has 0 N–H and O–H groups in total. The average Bonchev–Trinajstić information content (AvgIpc) is 2.86. The van der Waals surface area contributed by atoms with Gasteiger partial charge in [-0.3, -0.25) is 9.59 Å². The van der Waals surface area contributed by atoms with Crippen molar-refractivity contribution in [2.45, 2.75) is 18.9 Å². The Morgan fingerprint density at radius 3 is 2.32 bits per heavy atom. The SMILES string of the molecule is CN(C(=O)CC(=O)N(C)C1CCS(=O)(=O)C1)c1ccccc1. The van der Waals surface area contributed by atoms with E-state index in [1.807, 2.05) is 18.2 Å². The van der Waals surface area contributed by atoms with E-state index in [4.69, 9.17) is 0 Å². The molecule has 0 radical (unpaired) electrons. The summed E-state index contributed by atoms with van der Waals surface area (Å²) in [4.78, 5) is 27.1. The zero-order chi connectivity index (χ0) is 16.3. The number of anilines is 1. The summed E-state index contributed by atoms with van der Waals surface area (Å²) in [5.74, 6) is -0.579. The predicted octanol–water partition coefficient (Wildman–Crippen LogP) is 0.685. The van der Waals surface area contributed by atoms with Gasteiger partial charge in [0.1, 0.15) is 6.42 Å². The standard InChI is InChI=1S/C15H20N2O4S/c1-16(12-6-4-3-5-7-12)14(18)10-15(19)17(2)13-8-9-22(20,21)11-13/h3-7,13H,8-11H2,1-2H3. The lowest BCUT2D eigenvalue weighted by atomic mass is 10.2. The lowest BCUT2D eigenvalue weighted by Crippen LogP contribution is -2.40. The van der Waals surface area contributed by atoms with Gasteiger partial charge in [0.05, 0.1) is 11.5 Å². The highest BCUT2D eigenvalue weighted by Crippen LogP contribution is 2.18. The summed E-state index contributed by atoms with van der Waals surface area (Å²) in [6.45, 7) is 0. The minimum atomic E-state index is -3.05. The number of hydrogen-bond acceptors (Lipinski definition) is 4. The first kappa shape index (κ1) is 16.5. The molecular weight excluding hydrogens is 304 g/mol. The fourth-order valence-corrected chi connectivity index (χ4v) is 4.23. The number of rotatable bonds is 4. The van der Waals surface area contributed by atoms with Crippen LogP contribution in [0.2, 0.25) is 0 Å². The Morgan fingerprint density at radius 1 is 1.14 bits per heavy atom. The fraction of sp³-hybridized carbons (Fsp3) is 0.467. The number of sulfone groups is 1. The van der Waals surface area contributed by atoms with Gasteiger partial charge >= 0.3 is 0 Å². The first-order chi connectivity index (χ1) is 10.3. The molecule has 22 heavy (non-hydrogen) atoms. The molecule has 1 heterocycles. The molecule has 1 fully saturated rings. The van der Waals surface area contributed by atoms with Crippen molar-refractivity contribution in [3.05, 3.63) is 30.3 Å². The van der Waals surface area contributed by atoms with Crippen LogP contribution in [0.25, 0.3) is 0 Å². The van der Waals surface area contributed by atoms with Crippen LogP contribution in [0.4, 0.5) is 5.69 Å². The molecule has 1 atom stereocenters. The third-order valence-electron chi connectivity index (χ3n) is 3.97. The van der Waals surface area contributed by atoms with E-state index in [0.717, 1.165) is 0 Å². The molecule has 120 valence electrons. The maximum atomic E-state index is 12.2. The maximum absolute atomic E-state index is 12.2. The van der Waals surface area contributed by atoms with E-state index < -0.39 is 9.84 Å². The summed E-state index contributed by atoms with van der Waals surface area (Å²) in [5.41, 5.74) is 0.714. The van der Waals surface area contributed by atoms with Crippen molar-refractivity contribution in [3.8, 4) is 0 Å². The summed E-state index contributed by atoms with van der Waals surface area (Å²) in [7, 11) is 0.124. The molecule has 2 rings (SSSR count). The summed E-state index contributed by atoms with van der Waals surface area (Å²) in [6, 6.07) is 8.73. The Bertz CT molecular complexity index is 657. The average molecular weight is 324 g/mol. The maximum Gasteiger partial charge on any atom is 0.236 e. The van der Waals surface area contributed by atoms with Crippen molar-refractivity contribution in [2.24, 2.45) is 0 Å². The predicted molar refractivity (Wildman–Crippen MR) is 84.3 cm³/mol. The van der Waals surface area contributed by atoms with E-state index in [-0.39, 0.29) is 35.8 Å². The lowest BCUT2D eigenvalue weighted by molar-refractivity contribution is -0.135. The number of hydrogen-bond donors (Lipinski definition) is 0. The van der Waals surface area contributed by atoms with Gasteiger partial charge in [0.25, 0.3) is 0 Å². The Labute approximate surface area is 130 Å². The van der Waals surface area contributed by atoms with E-state index in [1.54, 1.807) is 26.2 Å². The number of nitrogens with zero attached hydrogens (tertiary/aromatic N) is 2. The normalized spacial score (nSPS) is 19.6. The van der Waals surface area contributed by atoms with Crippen LogP contribution in [0.5, 0.6) is 0 Å². The van der Waals surface area contributed by atoms with Crippen molar-refractivity contribution in [2.75, 3.05) is 30.5 Å². The van der Waals surface area contributed by atoms with Gasteiger partial charge in [-0.05, 0) is 18.6 Å². The number of carbonyl (C=O) groups excluding carboxylic acids is 2. The molecule has 1 aromatic rings. The van der Waals surface area contributed by atoms with Crippen LogP contribution >= 0.6 is 0 Å². The van der Waals surface area contributed by atoms with E-state index >= 15 is 0 Å². The van der Waals surface area contributed by atoms with Gasteiger partial charge in [0.15, 0.2) is 9.84 Å². The number of para-hydroxylation sites is 1. The summed E-state index contributed by atoms with van der Waals surface area (Å²) >= 11 is 0. The molecule has 1 aliphatic rings. The van der Waals surface area contributed by atoms with Crippen LogP contribution in [0.1, 0.15) is 12.8 Å². The Hall–Kier alpha value is -1.89. The molecule has 1 unspecified atom stereocenters. The minimum absolute atomic E-state index is 0.0159. The van der Waals surface area contributed by atoms with E-state index in [9.17, 15) is 18.0 Å². The lowest BCUT2D eigenvalue weighted by Gasteiger charge is -2.24. The van der Waals surface area contributed by atoms with Gasteiger partial charge in [0.2, 0.25) is 11.8 Å². The van der Waals surface area contributed by atoms with Crippen LogP contribution in [0, 0.1) is 0 Å². The van der Waals surface area contributed by atoms with Gasteiger partial charge in [-0.2, -0.15) is 0 Å². The number of carbonyl (C=O) groups is 2. The van der Waals surface area contributed by atoms with Crippen LogP contribution in [-0.2, 0) is 19.4 Å². The Balaban J connectivity index is 1.95. The van der Waals surface area contributed by atoms with Gasteiger partial charge in [0, 0.05) is 25.8 Å². The largest absolute Gasteiger partial charge is 0.341 e. The van der Waals surface area contributed by atoms with Crippen molar-refractivity contribution in [1.29, 1.82) is 0 Å². The summed E-state index contributed by atoms with van der Waals surface area (Å²) < 4.78 is 22.9. The molecule has 1 aliphatic heterocycles. The molecule has 2 amide bonds. The van der Waals surface area contributed by atoms with Crippen molar-refractivity contribution in [1.82, 2.24) is 4.90 Å². The van der Waals surface area contributed by atoms with Crippen molar-refractivity contribution in [3.63, 3.8) is 0 Å². The highest BCUT2D eigenvalue weighted by Gasteiger charge is 2.33. The molecule has 0 spiro atoms. The first-order valence-electron chi connectivity index (χ1n) is 7.08. The molecule has 1 aromatic carbocycles. The molecule has 0 aromatic heterocycles. The molecule has 7 heteroatoms. The van der Waals surface area contributed by atoms with Gasteiger partial charge in [-0.1, -0.05) is 18.2 Å². The van der Waals surface area contributed by atoms with Gasteiger partial charge < -0.3 is 9.80 Å². The number of amides is 2. The van der Waals surface area contributed by atoms with Crippen LogP contribution in [-0.4, -0.2) is 56.8 Å². The highest BCUT2D eigenvalue weighted by atomic mass is 32.2. The van der Waals surface area contributed by atoms with E-state index in [2.05, 4.69) is 0 Å². The van der Waals surface area contributed by atoms with Gasteiger partial charge in [-0.25, -0.2) is 8.42 Å². The summed E-state index contributed by atoms with van der Waals surface area (Å²) in [5, 5.41) is 0. The highest BCUT2D eigenvalue weighted by molar-refractivity contribution is 7.91. The van der Waals surface area contributed by atoms with Crippen molar-refractivity contribution < 1.29 is 18.0 Å². The zero-order valence-corrected chi connectivity index (χ0v) is 13.5.